The monoisotopic (exact) mass is 399 g/mol. The summed E-state index contributed by atoms with van der Waals surface area (Å²) in [6.07, 6.45) is 1.87. The van der Waals surface area contributed by atoms with E-state index in [-0.39, 0.29) is 0 Å². The number of aliphatic imine (C=N–C) groups is 1. The van der Waals surface area contributed by atoms with Crippen LogP contribution in [-0.4, -0.2) is 46.5 Å². The minimum Gasteiger partial charge on any atom is -0.493 e. The second-order valence-electron chi connectivity index (χ2n) is 6.51. The van der Waals surface area contributed by atoms with Crippen molar-refractivity contribution in [3.8, 4) is 11.5 Å². The summed E-state index contributed by atoms with van der Waals surface area (Å²) < 4.78 is 16.4. The molecule has 2 rings (SSSR count). The summed E-state index contributed by atoms with van der Waals surface area (Å²) >= 11 is 0. The van der Waals surface area contributed by atoms with Crippen molar-refractivity contribution in [3.63, 3.8) is 0 Å². The van der Waals surface area contributed by atoms with Crippen LogP contribution in [0.2, 0.25) is 0 Å². The summed E-state index contributed by atoms with van der Waals surface area (Å²) in [6.45, 7) is 5.71. The molecule has 0 amide bonds. The molecule has 2 aromatic rings. The first-order chi connectivity index (χ1) is 14.3. The average Bonchev–Trinajstić information content (AvgIpc) is 2.77. The van der Waals surface area contributed by atoms with Crippen molar-refractivity contribution in [2.24, 2.45) is 4.99 Å². The van der Waals surface area contributed by atoms with Gasteiger partial charge in [-0.1, -0.05) is 36.4 Å². The van der Waals surface area contributed by atoms with E-state index >= 15 is 0 Å². The van der Waals surface area contributed by atoms with Gasteiger partial charge in [0.15, 0.2) is 17.5 Å². The van der Waals surface area contributed by atoms with E-state index in [1.807, 2.05) is 24.3 Å². The molecule has 0 fully saturated rings. The molecule has 0 unspecified atom stereocenters. The zero-order valence-electron chi connectivity index (χ0n) is 17.7. The molecule has 0 aliphatic rings. The van der Waals surface area contributed by atoms with Gasteiger partial charge in [-0.2, -0.15) is 0 Å². The average molecular weight is 400 g/mol. The van der Waals surface area contributed by atoms with E-state index in [4.69, 9.17) is 14.2 Å². The van der Waals surface area contributed by atoms with Crippen LogP contribution in [0.15, 0.2) is 53.5 Å². The van der Waals surface area contributed by atoms with Gasteiger partial charge in [-0.05, 0) is 43.0 Å². The summed E-state index contributed by atoms with van der Waals surface area (Å²) in [5.41, 5.74) is 2.37. The van der Waals surface area contributed by atoms with Gasteiger partial charge in [0.1, 0.15) is 0 Å². The molecule has 0 bridgehead atoms. The molecule has 158 valence electrons. The summed E-state index contributed by atoms with van der Waals surface area (Å²) in [5, 5.41) is 6.62. The predicted octanol–water partition coefficient (Wildman–Crippen LogP) is 3.41. The van der Waals surface area contributed by atoms with E-state index in [9.17, 15) is 0 Å². The number of nitrogens with zero attached hydrogens (tertiary/aromatic N) is 1. The van der Waals surface area contributed by atoms with Crippen LogP contribution in [0.25, 0.3) is 0 Å². The van der Waals surface area contributed by atoms with Crippen molar-refractivity contribution >= 4 is 5.96 Å². The highest BCUT2D eigenvalue weighted by Gasteiger charge is 2.04. The van der Waals surface area contributed by atoms with Crippen LogP contribution in [0, 0.1) is 0 Å². The SMILES string of the molecule is CCNC(=NCc1ccc(OC)c(OC)c1)NCCCOCCc1ccccc1. The number of guanidine groups is 1. The normalized spacial score (nSPS) is 11.2. The Morgan fingerprint density at radius 2 is 1.69 bits per heavy atom. The Morgan fingerprint density at radius 3 is 2.41 bits per heavy atom. The standard InChI is InChI=1S/C23H33N3O3/c1-4-24-23(26-18-20-11-12-21(27-2)22(17-20)28-3)25-14-8-15-29-16-13-19-9-6-5-7-10-19/h5-7,9-12,17H,4,8,13-16,18H2,1-3H3,(H2,24,25,26). The molecule has 6 heteroatoms. The molecule has 2 aromatic carbocycles. The molecule has 0 aromatic heterocycles. The van der Waals surface area contributed by atoms with Gasteiger partial charge in [0.2, 0.25) is 0 Å². The Hall–Kier alpha value is -2.73. The number of hydrogen-bond donors (Lipinski definition) is 2. The molecule has 0 spiro atoms. The van der Waals surface area contributed by atoms with Crippen molar-refractivity contribution in [1.29, 1.82) is 0 Å². The third kappa shape index (κ3) is 8.44. The first kappa shape index (κ1) is 22.6. The minimum absolute atomic E-state index is 0.559. The Bertz CT molecular complexity index is 735. The lowest BCUT2D eigenvalue weighted by atomic mass is 10.2. The lowest BCUT2D eigenvalue weighted by Gasteiger charge is -2.12. The first-order valence-corrected chi connectivity index (χ1v) is 10.1. The number of benzene rings is 2. The number of methoxy groups -OCH3 is 2. The summed E-state index contributed by atoms with van der Waals surface area (Å²) in [7, 11) is 3.27. The smallest absolute Gasteiger partial charge is 0.191 e. The number of ether oxygens (including phenoxy) is 3. The Labute approximate surface area is 174 Å². The van der Waals surface area contributed by atoms with E-state index < -0.39 is 0 Å². The van der Waals surface area contributed by atoms with Crippen LogP contribution >= 0.6 is 0 Å². The highest BCUT2D eigenvalue weighted by atomic mass is 16.5. The maximum Gasteiger partial charge on any atom is 0.191 e. The second kappa shape index (κ2) is 13.4. The molecule has 0 atom stereocenters. The van der Waals surface area contributed by atoms with Crippen LogP contribution in [0.3, 0.4) is 0 Å². The Morgan fingerprint density at radius 1 is 0.897 bits per heavy atom. The Kier molecular flexibility index (Phi) is 10.5. The molecule has 6 nitrogen and oxygen atoms in total. The zero-order valence-corrected chi connectivity index (χ0v) is 17.7. The van der Waals surface area contributed by atoms with Crippen LogP contribution < -0.4 is 20.1 Å². The minimum atomic E-state index is 0.559. The lowest BCUT2D eigenvalue weighted by Crippen LogP contribution is -2.38. The van der Waals surface area contributed by atoms with Gasteiger partial charge >= 0.3 is 0 Å². The van der Waals surface area contributed by atoms with Gasteiger partial charge in [-0.15, -0.1) is 0 Å². The lowest BCUT2D eigenvalue weighted by molar-refractivity contribution is 0.135. The third-order valence-electron chi connectivity index (χ3n) is 4.35. The molecule has 0 saturated carbocycles. The van der Waals surface area contributed by atoms with Crippen LogP contribution in [0.5, 0.6) is 11.5 Å². The summed E-state index contributed by atoms with van der Waals surface area (Å²) in [5.74, 6) is 2.23. The van der Waals surface area contributed by atoms with E-state index in [2.05, 4.69) is 46.8 Å². The summed E-state index contributed by atoms with van der Waals surface area (Å²) in [4.78, 5) is 4.65. The van der Waals surface area contributed by atoms with E-state index in [0.717, 1.165) is 56.4 Å². The molecule has 0 heterocycles. The maximum atomic E-state index is 5.73. The number of hydrogen-bond acceptors (Lipinski definition) is 4. The topological polar surface area (TPSA) is 64.1 Å². The van der Waals surface area contributed by atoms with Crippen LogP contribution in [-0.2, 0) is 17.7 Å². The molecule has 0 aliphatic heterocycles. The Balaban J connectivity index is 1.70. The quantitative estimate of drug-likeness (QED) is 0.325. The summed E-state index contributed by atoms with van der Waals surface area (Å²) in [6, 6.07) is 16.2. The fraction of sp³-hybridized carbons (Fsp3) is 0.435. The van der Waals surface area contributed by atoms with Crippen LogP contribution in [0.4, 0.5) is 0 Å². The van der Waals surface area contributed by atoms with Crippen molar-refractivity contribution < 1.29 is 14.2 Å². The first-order valence-electron chi connectivity index (χ1n) is 10.1. The molecule has 0 radical (unpaired) electrons. The molecule has 2 N–H and O–H groups in total. The van der Waals surface area contributed by atoms with Gasteiger partial charge in [0, 0.05) is 19.7 Å². The third-order valence-corrected chi connectivity index (χ3v) is 4.35. The fourth-order valence-corrected chi connectivity index (χ4v) is 2.81. The molecule has 0 aliphatic carbocycles. The second-order valence-corrected chi connectivity index (χ2v) is 6.51. The molecule has 0 saturated heterocycles. The van der Waals surface area contributed by atoms with Gasteiger partial charge in [0.05, 0.1) is 27.4 Å². The zero-order chi connectivity index (χ0) is 20.7. The van der Waals surface area contributed by atoms with Crippen molar-refractivity contribution in [1.82, 2.24) is 10.6 Å². The molecular formula is C23H33N3O3. The van der Waals surface area contributed by atoms with Gasteiger partial charge in [0.25, 0.3) is 0 Å². The van der Waals surface area contributed by atoms with Crippen molar-refractivity contribution in [2.45, 2.75) is 26.3 Å². The van der Waals surface area contributed by atoms with E-state index in [1.54, 1.807) is 14.2 Å². The highest BCUT2D eigenvalue weighted by Crippen LogP contribution is 2.27. The van der Waals surface area contributed by atoms with E-state index in [0.29, 0.717) is 12.3 Å². The van der Waals surface area contributed by atoms with Gasteiger partial charge < -0.3 is 24.8 Å². The van der Waals surface area contributed by atoms with Crippen molar-refractivity contribution in [3.05, 3.63) is 59.7 Å². The molecular weight excluding hydrogens is 366 g/mol. The maximum absolute atomic E-state index is 5.73. The van der Waals surface area contributed by atoms with Crippen molar-refractivity contribution in [2.75, 3.05) is 40.5 Å². The van der Waals surface area contributed by atoms with Gasteiger partial charge in [-0.3, -0.25) is 0 Å². The predicted molar refractivity (Wildman–Crippen MR) is 118 cm³/mol. The highest BCUT2D eigenvalue weighted by molar-refractivity contribution is 5.79. The van der Waals surface area contributed by atoms with Gasteiger partial charge in [-0.25, -0.2) is 4.99 Å². The van der Waals surface area contributed by atoms with E-state index in [1.165, 1.54) is 5.56 Å². The largest absolute Gasteiger partial charge is 0.493 e. The molecule has 29 heavy (non-hydrogen) atoms. The number of rotatable bonds is 12. The number of nitrogens with one attached hydrogen (secondary N) is 2. The van der Waals surface area contributed by atoms with Crippen LogP contribution in [0.1, 0.15) is 24.5 Å². The fourth-order valence-electron chi connectivity index (χ4n) is 2.81.